The third-order valence-electron chi connectivity index (χ3n) is 3.00. The fraction of sp³-hybridized carbons (Fsp3) is 0.500. The smallest absolute Gasteiger partial charge is 0.222 e. The Morgan fingerprint density at radius 3 is 2.56 bits per heavy atom. The van der Waals surface area contributed by atoms with Gasteiger partial charge in [0.25, 0.3) is 0 Å². The molecule has 0 heterocycles. The van der Waals surface area contributed by atoms with Crippen LogP contribution in [0, 0.1) is 0 Å². The van der Waals surface area contributed by atoms with Crippen molar-refractivity contribution in [1.29, 1.82) is 0 Å². The second-order valence-corrected chi connectivity index (χ2v) is 4.09. The average Bonchev–Trinajstić information content (AvgIpc) is 2.43. The minimum atomic E-state index is 0.141. The van der Waals surface area contributed by atoms with Crippen LogP contribution in [0.1, 0.15) is 18.9 Å². The van der Waals surface area contributed by atoms with E-state index in [-0.39, 0.29) is 5.91 Å². The van der Waals surface area contributed by atoms with Gasteiger partial charge in [0, 0.05) is 20.0 Å². The number of rotatable bonds is 6. The van der Waals surface area contributed by atoms with Crippen molar-refractivity contribution in [3.63, 3.8) is 0 Å². The van der Waals surface area contributed by atoms with Crippen molar-refractivity contribution in [2.75, 3.05) is 27.8 Å². The maximum absolute atomic E-state index is 11.8. The summed E-state index contributed by atoms with van der Waals surface area (Å²) in [4.78, 5) is 13.5. The molecule has 0 aliphatic heterocycles. The lowest BCUT2D eigenvalue weighted by Gasteiger charge is -2.15. The zero-order chi connectivity index (χ0) is 13.5. The summed E-state index contributed by atoms with van der Waals surface area (Å²) >= 11 is 0. The molecule has 0 aliphatic rings. The Balaban J connectivity index is 2.73. The van der Waals surface area contributed by atoms with Gasteiger partial charge < -0.3 is 14.4 Å². The Hall–Kier alpha value is -1.71. The summed E-state index contributed by atoms with van der Waals surface area (Å²) in [5, 5.41) is 0. The van der Waals surface area contributed by atoms with Crippen LogP contribution in [0.15, 0.2) is 18.2 Å². The second-order valence-electron chi connectivity index (χ2n) is 4.09. The summed E-state index contributed by atoms with van der Waals surface area (Å²) in [5.74, 6) is 1.72. The van der Waals surface area contributed by atoms with E-state index in [1.807, 2.05) is 32.2 Å². The van der Waals surface area contributed by atoms with Crippen LogP contribution in [0.3, 0.4) is 0 Å². The first-order valence-corrected chi connectivity index (χ1v) is 6.07. The van der Waals surface area contributed by atoms with E-state index in [9.17, 15) is 4.79 Å². The molecule has 0 spiro atoms. The van der Waals surface area contributed by atoms with Crippen molar-refractivity contribution in [3.8, 4) is 11.5 Å². The van der Waals surface area contributed by atoms with Gasteiger partial charge in [0.15, 0.2) is 0 Å². The van der Waals surface area contributed by atoms with Crippen molar-refractivity contribution in [2.45, 2.75) is 19.8 Å². The largest absolute Gasteiger partial charge is 0.497 e. The van der Waals surface area contributed by atoms with E-state index in [4.69, 9.17) is 9.47 Å². The zero-order valence-electron chi connectivity index (χ0n) is 11.5. The molecule has 100 valence electrons. The van der Waals surface area contributed by atoms with Crippen molar-refractivity contribution in [1.82, 2.24) is 4.90 Å². The summed E-state index contributed by atoms with van der Waals surface area (Å²) in [6, 6.07) is 5.63. The molecule has 4 heteroatoms. The molecule has 0 atom stereocenters. The fourth-order valence-electron chi connectivity index (χ4n) is 1.69. The van der Waals surface area contributed by atoms with E-state index in [2.05, 4.69) is 0 Å². The Morgan fingerprint density at radius 1 is 1.28 bits per heavy atom. The topological polar surface area (TPSA) is 38.8 Å². The fourth-order valence-corrected chi connectivity index (χ4v) is 1.69. The van der Waals surface area contributed by atoms with Crippen LogP contribution in [0.5, 0.6) is 11.5 Å². The molecule has 0 saturated heterocycles. The number of amides is 1. The van der Waals surface area contributed by atoms with Crippen LogP contribution >= 0.6 is 0 Å². The van der Waals surface area contributed by atoms with Crippen LogP contribution in [0.25, 0.3) is 0 Å². The molecule has 0 saturated carbocycles. The number of aryl methyl sites for hydroxylation is 1. The van der Waals surface area contributed by atoms with Crippen LogP contribution in [0.2, 0.25) is 0 Å². The highest BCUT2D eigenvalue weighted by Crippen LogP contribution is 2.25. The molecule has 1 amide bonds. The quantitative estimate of drug-likeness (QED) is 0.777. The maximum Gasteiger partial charge on any atom is 0.222 e. The van der Waals surface area contributed by atoms with Crippen molar-refractivity contribution >= 4 is 5.91 Å². The van der Waals surface area contributed by atoms with Crippen LogP contribution in [-0.4, -0.2) is 38.6 Å². The standard InChI is InChI=1S/C14H21NO3/c1-5-15(2)14(16)9-6-11-10-12(17-3)7-8-13(11)18-4/h7-8,10H,5-6,9H2,1-4H3. The number of carbonyl (C=O) groups excluding carboxylic acids is 1. The number of hydrogen-bond donors (Lipinski definition) is 0. The molecule has 0 unspecified atom stereocenters. The first-order valence-electron chi connectivity index (χ1n) is 6.07. The van der Waals surface area contributed by atoms with E-state index >= 15 is 0 Å². The van der Waals surface area contributed by atoms with E-state index in [1.165, 1.54) is 0 Å². The third kappa shape index (κ3) is 3.65. The van der Waals surface area contributed by atoms with Gasteiger partial charge in [0.1, 0.15) is 11.5 Å². The number of methoxy groups -OCH3 is 2. The maximum atomic E-state index is 11.8. The molecule has 1 rings (SSSR count). The highest BCUT2D eigenvalue weighted by Gasteiger charge is 2.10. The Kier molecular flexibility index (Phi) is 5.49. The van der Waals surface area contributed by atoms with Gasteiger partial charge in [-0.05, 0) is 37.1 Å². The number of nitrogens with zero attached hydrogens (tertiary/aromatic N) is 1. The summed E-state index contributed by atoms with van der Waals surface area (Å²) in [6.07, 6.45) is 1.14. The number of ether oxygens (including phenoxy) is 2. The van der Waals surface area contributed by atoms with Gasteiger partial charge in [0.2, 0.25) is 5.91 Å². The van der Waals surface area contributed by atoms with Gasteiger partial charge in [-0.1, -0.05) is 0 Å². The van der Waals surface area contributed by atoms with Crippen molar-refractivity contribution in [3.05, 3.63) is 23.8 Å². The minimum Gasteiger partial charge on any atom is -0.497 e. The summed E-state index contributed by atoms with van der Waals surface area (Å²) in [7, 11) is 5.07. The van der Waals surface area contributed by atoms with Crippen molar-refractivity contribution < 1.29 is 14.3 Å². The van der Waals surface area contributed by atoms with Crippen LogP contribution in [0.4, 0.5) is 0 Å². The van der Waals surface area contributed by atoms with E-state index in [1.54, 1.807) is 19.1 Å². The summed E-state index contributed by atoms with van der Waals surface area (Å²) in [6.45, 7) is 2.69. The van der Waals surface area contributed by atoms with Gasteiger partial charge in [-0.3, -0.25) is 4.79 Å². The molecule has 0 aliphatic carbocycles. The molecule has 0 bridgehead atoms. The van der Waals surface area contributed by atoms with Gasteiger partial charge in [-0.25, -0.2) is 0 Å². The van der Waals surface area contributed by atoms with Crippen molar-refractivity contribution in [2.24, 2.45) is 0 Å². The Labute approximate surface area is 108 Å². The highest BCUT2D eigenvalue weighted by atomic mass is 16.5. The second kappa shape index (κ2) is 6.89. The first kappa shape index (κ1) is 14.4. The molecule has 0 aromatic heterocycles. The van der Waals surface area contributed by atoms with Crippen LogP contribution < -0.4 is 9.47 Å². The molecule has 0 N–H and O–H groups in total. The predicted octanol–water partition coefficient (Wildman–Crippen LogP) is 2.11. The molecular formula is C14H21NO3. The molecule has 0 radical (unpaired) electrons. The minimum absolute atomic E-state index is 0.141. The molecule has 1 aromatic carbocycles. The normalized spacial score (nSPS) is 10.0. The predicted molar refractivity (Wildman–Crippen MR) is 71.2 cm³/mol. The zero-order valence-corrected chi connectivity index (χ0v) is 11.5. The SMILES string of the molecule is CCN(C)C(=O)CCc1cc(OC)ccc1OC. The number of carbonyl (C=O) groups is 1. The van der Waals surface area contributed by atoms with Crippen LogP contribution in [-0.2, 0) is 11.2 Å². The van der Waals surface area contributed by atoms with Gasteiger partial charge in [-0.2, -0.15) is 0 Å². The van der Waals surface area contributed by atoms with Gasteiger partial charge >= 0.3 is 0 Å². The molecule has 1 aromatic rings. The lowest BCUT2D eigenvalue weighted by molar-refractivity contribution is -0.129. The highest BCUT2D eigenvalue weighted by molar-refractivity contribution is 5.76. The monoisotopic (exact) mass is 251 g/mol. The number of hydrogen-bond acceptors (Lipinski definition) is 3. The Morgan fingerprint density at radius 2 is 2.00 bits per heavy atom. The lowest BCUT2D eigenvalue weighted by Crippen LogP contribution is -2.26. The first-order chi connectivity index (χ1) is 8.62. The third-order valence-corrected chi connectivity index (χ3v) is 3.00. The molecule has 18 heavy (non-hydrogen) atoms. The molecule has 0 fully saturated rings. The summed E-state index contributed by atoms with van der Waals surface area (Å²) < 4.78 is 10.5. The molecular weight excluding hydrogens is 230 g/mol. The van der Waals surface area contributed by atoms with E-state index in [0.717, 1.165) is 23.6 Å². The van der Waals surface area contributed by atoms with E-state index in [0.29, 0.717) is 12.8 Å². The molecule has 4 nitrogen and oxygen atoms in total. The number of benzene rings is 1. The summed E-state index contributed by atoms with van der Waals surface area (Å²) in [5.41, 5.74) is 0.995. The van der Waals surface area contributed by atoms with E-state index < -0.39 is 0 Å². The van der Waals surface area contributed by atoms with Gasteiger partial charge in [-0.15, -0.1) is 0 Å². The van der Waals surface area contributed by atoms with Gasteiger partial charge in [0.05, 0.1) is 14.2 Å². The Bertz CT molecular complexity index is 404. The average molecular weight is 251 g/mol. The lowest BCUT2D eigenvalue weighted by atomic mass is 10.1.